The van der Waals surface area contributed by atoms with Gasteiger partial charge in [0.2, 0.25) is 0 Å². The molecule has 2 N–H and O–H groups in total. The van der Waals surface area contributed by atoms with Crippen molar-refractivity contribution in [2.24, 2.45) is 0 Å². The van der Waals surface area contributed by atoms with E-state index in [1.165, 1.54) is 6.33 Å². The second-order valence-electron chi connectivity index (χ2n) is 8.17. The molecule has 36 heavy (non-hydrogen) atoms. The van der Waals surface area contributed by atoms with Gasteiger partial charge >= 0.3 is 7.60 Å². The highest BCUT2D eigenvalue weighted by molar-refractivity contribution is 7.54. The Balaban J connectivity index is 1.30. The second kappa shape index (κ2) is 12.6. The molecule has 0 radical (unpaired) electrons. The SMILES string of the molecule is C[C@@H](Cn1cnc2c(N)ncnc21)OCP(=O)(OCCCOCc1ccccc1)Oc1ccccc1. The number of benzene rings is 2. The number of nitrogen functional groups attached to an aromatic ring is 1. The van der Waals surface area contributed by atoms with E-state index < -0.39 is 7.60 Å². The number of anilines is 1. The maximum atomic E-state index is 13.5. The highest BCUT2D eigenvalue weighted by Gasteiger charge is 2.28. The summed E-state index contributed by atoms with van der Waals surface area (Å²) in [5.41, 5.74) is 8.09. The van der Waals surface area contributed by atoms with Crippen molar-refractivity contribution in [2.45, 2.75) is 32.6 Å². The Labute approximate surface area is 209 Å². The van der Waals surface area contributed by atoms with Gasteiger partial charge in [-0.2, -0.15) is 0 Å². The number of aromatic nitrogens is 4. The van der Waals surface area contributed by atoms with Gasteiger partial charge in [-0.25, -0.2) is 19.5 Å². The van der Waals surface area contributed by atoms with Crippen LogP contribution in [0, 0.1) is 0 Å². The molecule has 2 atom stereocenters. The van der Waals surface area contributed by atoms with Gasteiger partial charge in [0.1, 0.15) is 17.6 Å². The molecule has 0 saturated heterocycles. The standard InChI is InChI=1S/C25H30N5O5P/c1-20(15-30-18-29-23-24(26)27-17-28-25(23)30)33-19-36(31,35-22-11-6-3-7-12-22)34-14-8-13-32-16-21-9-4-2-5-10-21/h2-7,9-12,17-18,20H,8,13-16,19H2,1H3,(H2,26,27,28)/t20-,36?/m0/s1. The van der Waals surface area contributed by atoms with Crippen LogP contribution in [0.3, 0.4) is 0 Å². The minimum Gasteiger partial charge on any atom is -0.423 e. The van der Waals surface area contributed by atoms with Crippen molar-refractivity contribution in [2.75, 3.05) is 25.3 Å². The number of imidazole rings is 1. The molecule has 2 aromatic heterocycles. The molecule has 1 unspecified atom stereocenters. The summed E-state index contributed by atoms with van der Waals surface area (Å²) in [6, 6.07) is 18.8. The van der Waals surface area contributed by atoms with Crippen molar-refractivity contribution < 1.29 is 23.1 Å². The summed E-state index contributed by atoms with van der Waals surface area (Å²) in [5.74, 6) is 0.763. The first-order valence-electron chi connectivity index (χ1n) is 11.7. The van der Waals surface area contributed by atoms with Crippen molar-refractivity contribution in [3.05, 3.63) is 78.9 Å². The number of nitrogens with zero attached hydrogens (tertiary/aromatic N) is 4. The Morgan fingerprint density at radius 3 is 2.53 bits per heavy atom. The fraction of sp³-hybridized carbons (Fsp3) is 0.320. The van der Waals surface area contributed by atoms with Crippen molar-refractivity contribution in [3.63, 3.8) is 0 Å². The molecule has 2 aromatic carbocycles. The largest absolute Gasteiger partial charge is 0.423 e. The van der Waals surface area contributed by atoms with Crippen LogP contribution in [-0.4, -0.2) is 45.2 Å². The van der Waals surface area contributed by atoms with Crippen molar-refractivity contribution in [1.29, 1.82) is 0 Å². The molecule has 0 amide bonds. The van der Waals surface area contributed by atoms with Gasteiger partial charge in [-0.05, 0) is 31.0 Å². The van der Waals surface area contributed by atoms with Gasteiger partial charge in [-0.15, -0.1) is 0 Å². The monoisotopic (exact) mass is 511 g/mol. The lowest BCUT2D eigenvalue weighted by Crippen LogP contribution is -2.19. The topological polar surface area (TPSA) is 124 Å². The molecule has 0 fully saturated rings. The predicted octanol–water partition coefficient (Wildman–Crippen LogP) is 4.67. The number of hydrogen-bond donors (Lipinski definition) is 1. The van der Waals surface area contributed by atoms with E-state index in [2.05, 4.69) is 15.0 Å². The molecule has 11 heteroatoms. The molecule has 0 aliphatic heterocycles. The van der Waals surface area contributed by atoms with Gasteiger partial charge in [-0.3, -0.25) is 4.52 Å². The number of hydrogen-bond acceptors (Lipinski definition) is 9. The van der Waals surface area contributed by atoms with Crippen molar-refractivity contribution >= 4 is 24.6 Å². The van der Waals surface area contributed by atoms with E-state index >= 15 is 0 Å². The maximum Gasteiger partial charge on any atom is 0.404 e. The molecule has 2 heterocycles. The lowest BCUT2D eigenvalue weighted by Gasteiger charge is -2.22. The predicted molar refractivity (Wildman–Crippen MR) is 136 cm³/mol. The Bertz CT molecular complexity index is 1270. The van der Waals surface area contributed by atoms with Gasteiger partial charge in [-0.1, -0.05) is 48.5 Å². The zero-order valence-corrected chi connectivity index (χ0v) is 21.0. The van der Waals surface area contributed by atoms with Crippen LogP contribution < -0.4 is 10.3 Å². The summed E-state index contributed by atoms with van der Waals surface area (Å²) in [7, 11) is -3.60. The van der Waals surface area contributed by atoms with E-state index in [9.17, 15) is 4.57 Å². The average Bonchev–Trinajstić information content (AvgIpc) is 3.30. The van der Waals surface area contributed by atoms with E-state index in [0.29, 0.717) is 48.9 Å². The minimum absolute atomic E-state index is 0.207. The summed E-state index contributed by atoms with van der Waals surface area (Å²) >= 11 is 0. The number of nitrogens with two attached hydrogens (primary N) is 1. The second-order valence-corrected chi connectivity index (χ2v) is 10.1. The summed E-state index contributed by atoms with van der Waals surface area (Å²) in [6.45, 7) is 3.47. The number of rotatable bonds is 14. The third kappa shape index (κ3) is 7.35. The van der Waals surface area contributed by atoms with Crippen LogP contribution in [-0.2, 0) is 31.7 Å². The lowest BCUT2D eigenvalue weighted by molar-refractivity contribution is 0.0693. The first-order valence-corrected chi connectivity index (χ1v) is 13.4. The van der Waals surface area contributed by atoms with Crippen molar-refractivity contribution in [3.8, 4) is 5.75 Å². The molecule has 0 spiro atoms. The zero-order chi connectivity index (χ0) is 25.2. The molecule has 0 bridgehead atoms. The summed E-state index contributed by atoms with van der Waals surface area (Å²) in [6.07, 6.45) is 3.04. The molecule has 0 aliphatic rings. The third-order valence-corrected chi connectivity index (χ3v) is 6.75. The molecule has 0 saturated carbocycles. The molecular formula is C25H30N5O5P. The van der Waals surface area contributed by atoms with Gasteiger partial charge in [0.05, 0.1) is 32.2 Å². The smallest absolute Gasteiger partial charge is 0.404 e. The zero-order valence-electron chi connectivity index (χ0n) is 20.1. The van der Waals surface area contributed by atoms with E-state index in [4.69, 9.17) is 24.3 Å². The number of ether oxygens (including phenoxy) is 2. The van der Waals surface area contributed by atoms with E-state index in [1.807, 2.05) is 47.9 Å². The van der Waals surface area contributed by atoms with E-state index in [-0.39, 0.29) is 19.1 Å². The quantitative estimate of drug-likeness (QED) is 0.190. The summed E-state index contributed by atoms with van der Waals surface area (Å²) in [5, 5.41) is 0. The van der Waals surface area contributed by atoms with Crippen LogP contribution >= 0.6 is 7.60 Å². The van der Waals surface area contributed by atoms with Crippen LogP contribution in [0.2, 0.25) is 0 Å². The normalized spacial score (nSPS) is 13.9. The van der Waals surface area contributed by atoms with Gasteiger partial charge < -0.3 is 24.3 Å². The Morgan fingerprint density at radius 2 is 1.75 bits per heavy atom. The highest BCUT2D eigenvalue weighted by atomic mass is 31.2. The summed E-state index contributed by atoms with van der Waals surface area (Å²) < 4.78 is 38.4. The fourth-order valence-corrected chi connectivity index (χ4v) is 4.91. The van der Waals surface area contributed by atoms with Crippen LogP contribution in [0.4, 0.5) is 5.82 Å². The lowest BCUT2D eigenvalue weighted by atomic mass is 10.2. The first-order chi connectivity index (χ1) is 17.5. The van der Waals surface area contributed by atoms with Crippen molar-refractivity contribution in [1.82, 2.24) is 19.5 Å². The van der Waals surface area contributed by atoms with Crippen LogP contribution in [0.25, 0.3) is 11.2 Å². The van der Waals surface area contributed by atoms with Crippen LogP contribution in [0.15, 0.2) is 73.3 Å². The average molecular weight is 512 g/mol. The van der Waals surface area contributed by atoms with E-state index in [0.717, 1.165) is 5.56 Å². The molecular weight excluding hydrogens is 481 g/mol. The van der Waals surface area contributed by atoms with Crippen LogP contribution in [0.1, 0.15) is 18.9 Å². The number of para-hydroxylation sites is 1. The number of fused-ring (bicyclic) bond motifs is 1. The Morgan fingerprint density at radius 1 is 1.00 bits per heavy atom. The van der Waals surface area contributed by atoms with Crippen LogP contribution in [0.5, 0.6) is 5.75 Å². The highest BCUT2D eigenvalue weighted by Crippen LogP contribution is 2.48. The van der Waals surface area contributed by atoms with Gasteiger partial charge in [0.15, 0.2) is 17.8 Å². The molecule has 10 nitrogen and oxygen atoms in total. The maximum absolute atomic E-state index is 13.5. The Hall–Kier alpha value is -3.30. The molecule has 4 aromatic rings. The Kier molecular flexibility index (Phi) is 9.02. The van der Waals surface area contributed by atoms with Gasteiger partial charge in [0, 0.05) is 6.61 Å². The first kappa shape index (κ1) is 25.8. The van der Waals surface area contributed by atoms with Gasteiger partial charge in [0.25, 0.3) is 0 Å². The third-order valence-electron chi connectivity index (χ3n) is 5.22. The molecule has 0 aliphatic carbocycles. The summed E-state index contributed by atoms with van der Waals surface area (Å²) in [4.78, 5) is 12.5. The minimum atomic E-state index is -3.60. The molecule has 190 valence electrons. The molecule has 4 rings (SSSR count). The fourth-order valence-electron chi connectivity index (χ4n) is 3.44. The van der Waals surface area contributed by atoms with E-state index in [1.54, 1.807) is 30.6 Å².